The van der Waals surface area contributed by atoms with Crippen molar-refractivity contribution in [2.75, 3.05) is 11.5 Å². The van der Waals surface area contributed by atoms with Gasteiger partial charge in [-0.15, -0.1) is 0 Å². The first-order chi connectivity index (χ1) is 15.8. The molecule has 0 radical (unpaired) electrons. The Morgan fingerprint density at radius 2 is 1.52 bits per heavy atom. The van der Waals surface area contributed by atoms with Crippen LogP contribution in [0.4, 0.5) is 5.69 Å². The largest absolute Gasteiger partial charge is 0.550 e. The Kier molecular flexibility index (Phi) is 6.05. The first-order valence-corrected chi connectivity index (χ1v) is 10.9. The van der Waals surface area contributed by atoms with Crippen molar-refractivity contribution in [1.82, 2.24) is 0 Å². The zero-order chi connectivity index (χ0) is 23.7. The third-order valence-electron chi connectivity index (χ3n) is 5.30. The highest BCUT2D eigenvalue weighted by atomic mass is 16.5. The maximum Gasteiger partial charge on any atom is 0.270 e. The van der Waals surface area contributed by atoms with E-state index in [0.29, 0.717) is 40.1 Å². The number of imide groups is 1. The van der Waals surface area contributed by atoms with Gasteiger partial charge in [-0.25, -0.2) is 4.90 Å². The smallest absolute Gasteiger partial charge is 0.270 e. The van der Waals surface area contributed by atoms with E-state index in [0.717, 1.165) is 11.3 Å². The monoisotopic (exact) mass is 446 g/mol. The van der Waals surface area contributed by atoms with Crippen LogP contribution in [0.15, 0.2) is 48.5 Å². The molecule has 3 aromatic carbocycles. The predicted octanol–water partition coefficient (Wildman–Crippen LogP) is 3.51. The van der Waals surface area contributed by atoms with Crippen molar-refractivity contribution in [2.45, 2.75) is 39.7 Å². The molecule has 0 N–H and O–H groups in total. The van der Waals surface area contributed by atoms with E-state index in [1.807, 2.05) is 45.0 Å². The van der Waals surface area contributed by atoms with Gasteiger partial charge in [0.1, 0.15) is 11.5 Å². The SMILES string of the molecule is CCCOc1c2c(c(OC(C)C)c3ccccc13)C(=O)N(c1ccc(CC(=O)[O-])cc1)C2=O. The van der Waals surface area contributed by atoms with E-state index in [2.05, 4.69) is 0 Å². The summed E-state index contributed by atoms with van der Waals surface area (Å²) in [7, 11) is 0. The minimum Gasteiger partial charge on any atom is -0.550 e. The average Bonchev–Trinajstić information content (AvgIpc) is 3.03. The molecule has 0 unspecified atom stereocenters. The molecular formula is C26H24NO6-. The number of carboxylic acid groups (broad SMARTS) is 1. The first kappa shape index (κ1) is 22.3. The highest BCUT2D eigenvalue weighted by molar-refractivity contribution is 6.38. The Hall–Kier alpha value is -3.87. The number of nitrogens with zero attached hydrogens (tertiary/aromatic N) is 1. The number of carbonyl (C=O) groups excluding carboxylic acids is 3. The second-order valence-electron chi connectivity index (χ2n) is 8.13. The van der Waals surface area contributed by atoms with Crippen LogP contribution in [0.2, 0.25) is 0 Å². The topological polar surface area (TPSA) is 96.0 Å². The second kappa shape index (κ2) is 8.94. The quantitative estimate of drug-likeness (QED) is 0.492. The van der Waals surface area contributed by atoms with Crippen molar-refractivity contribution in [1.29, 1.82) is 0 Å². The second-order valence-corrected chi connectivity index (χ2v) is 8.13. The maximum atomic E-state index is 13.6. The Morgan fingerprint density at radius 3 is 2.06 bits per heavy atom. The maximum absolute atomic E-state index is 13.6. The lowest BCUT2D eigenvalue weighted by Gasteiger charge is -2.18. The Morgan fingerprint density at radius 1 is 0.939 bits per heavy atom. The number of fused-ring (bicyclic) bond motifs is 2. The molecule has 0 atom stereocenters. The van der Waals surface area contributed by atoms with Crippen LogP contribution in [0.3, 0.4) is 0 Å². The zero-order valence-corrected chi connectivity index (χ0v) is 18.7. The molecule has 0 aliphatic carbocycles. The van der Waals surface area contributed by atoms with Gasteiger partial charge < -0.3 is 19.4 Å². The van der Waals surface area contributed by atoms with Crippen LogP contribution in [0.25, 0.3) is 10.8 Å². The third kappa shape index (κ3) is 4.02. The molecule has 2 amide bonds. The van der Waals surface area contributed by atoms with Gasteiger partial charge in [0.05, 0.1) is 29.5 Å². The minimum atomic E-state index is -1.21. The van der Waals surface area contributed by atoms with E-state index in [1.54, 1.807) is 24.3 Å². The van der Waals surface area contributed by atoms with E-state index in [4.69, 9.17) is 9.47 Å². The van der Waals surface area contributed by atoms with Crippen LogP contribution in [0.1, 0.15) is 53.5 Å². The van der Waals surface area contributed by atoms with Gasteiger partial charge in [0.25, 0.3) is 11.8 Å². The number of hydrogen-bond acceptors (Lipinski definition) is 6. The minimum absolute atomic E-state index is 0.178. The van der Waals surface area contributed by atoms with E-state index < -0.39 is 17.8 Å². The summed E-state index contributed by atoms with van der Waals surface area (Å²) in [4.78, 5) is 39.2. The van der Waals surface area contributed by atoms with Gasteiger partial charge in [0.2, 0.25) is 0 Å². The Bertz CT molecular complexity index is 1250. The molecule has 1 aliphatic heterocycles. The molecule has 1 heterocycles. The molecule has 0 saturated carbocycles. The molecule has 0 spiro atoms. The lowest BCUT2D eigenvalue weighted by atomic mass is 9.98. The van der Waals surface area contributed by atoms with Gasteiger partial charge in [-0.3, -0.25) is 9.59 Å². The molecule has 7 heteroatoms. The van der Waals surface area contributed by atoms with Crippen LogP contribution in [0, 0.1) is 0 Å². The molecule has 0 saturated heterocycles. The van der Waals surface area contributed by atoms with Gasteiger partial charge in [-0.1, -0.05) is 43.3 Å². The summed E-state index contributed by atoms with van der Waals surface area (Å²) >= 11 is 0. The van der Waals surface area contributed by atoms with Gasteiger partial charge in [-0.05, 0) is 38.0 Å². The lowest BCUT2D eigenvalue weighted by molar-refractivity contribution is -0.304. The normalized spacial score (nSPS) is 13.0. The van der Waals surface area contributed by atoms with Gasteiger partial charge in [0.15, 0.2) is 0 Å². The van der Waals surface area contributed by atoms with Gasteiger partial charge >= 0.3 is 0 Å². The highest BCUT2D eigenvalue weighted by Gasteiger charge is 2.43. The van der Waals surface area contributed by atoms with Crippen molar-refractivity contribution in [3.63, 3.8) is 0 Å². The molecule has 0 aromatic heterocycles. The van der Waals surface area contributed by atoms with Crippen LogP contribution < -0.4 is 19.5 Å². The number of amides is 2. The molecule has 0 fully saturated rings. The standard InChI is InChI=1S/C26H25NO6/c1-4-13-32-23-18-7-5-6-8-19(18)24(33-15(2)3)22-21(23)25(30)27(26(22)31)17-11-9-16(10-12-17)14-20(28)29/h5-12,15H,4,13-14H2,1-3H3,(H,28,29)/p-1. The van der Waals surface area contributed by atoms with E-state index in [-0.39, 0.29) is 23.7 Å². The molecule has 1 aliphatic rings. The Balaban J connectivity index is 1.91. The molecular weight excluding hydrogens is 422 g/mol. The van der Waals surface area contributed by atoms with Crippen LogP contribution in [-0.2, 0) is 11.2 Å². The number of ether oxygens (including phenoxy) is 2. The number of benzene rings is 3. The van der Waals surface area contributed by atoms with Crippen molar-refractivity contribution < 1.29 is 29.0 Å². The average molecular weight is 446 g/mol. The van der Waals surface area contributed by atoms with Crippen molar-refractivity contribution in [2.24, 2.45) is 0 Å². The Labute approximate surface area is 191 Å². The van der Waals surface area contributed by atoms with E-state index in [9.17, 15) is 19.5 Å². The highest BCUT2D eigenvalue weighted by Crippen LogP contribution is 2.46. The number of hydrogen-bond donors (Lipinski definition) is 0. The first-order valence-electron chi connectivity index (χ1n) is 10.9. The van der Waals surface area contributed by atoms with E-state index in [1.165, 1.54) is 0 Å². The van der Waals surface area contributed by atoms with Crippen LogP contribution in [-0.4, -0.2) is 30.5 Å². The zero-order valence-electron chi connectivity index (χ0n) is 18.7. The third-order valence-corrected chi connectivity index (χ3v) is 5.30. The van der Waals surface area contributed by atoms with Crippen LogP contribution in [0.5, 0.6) is 11.5 Å². The van der Waals surface area contributed by atoms with Crippen molar-refractivity contribution in [3.05, 3.63) is 65.2 Å². The summed E-state index contributed by atoms with van der Waals surface area (Å²) < 4.78 is 12.1. The van der Waals surface area contributed by atoms with Gasteiger partial charge in [0, 0.05) is 23.2 Å². The number of rotatable bonds is 8. The number of anilines is 1. The fourth-order valence-corrected chi connectivity index (χ4v) is 3.98. The summed E-state index contributed by atoms with van der Waals surface area (Å²) in [5.74, 6) is -1.50. The molecule has 4 rings (SSSR count). The fourth-order valence-electron chi connectivity index (χ4n) is 3.98. The van der Waals surface area contributed by atoms with E-state index >= 15 is 0 Å². The molecule has 0 bridgehead atoms. The number of aliphatic carboxylic acids is 1. The van der Waals surface area contributed by atoms with Crippen molar-refractivity contribution in [3.8, 4) is 11.5 Å². The van der Waals surface area contributed by atoms with Crippen LogP contribution >= 0.6 is 0 Å². The summed E-state index contributed by atoms with van der Waals surface area (Å²) in [6, 6.07) is 13.6. The number of carbonyl (C=O) groups is 3. The lowest BCUT2D eigenvalue weighted by Crippen LogP contribution is -2.29. The summed E-state index contributed by atoms with van der Waals surface area (Å²) in [6.45, 7) is 6.07. The summed E-state index contributed by atoms with van der Waals surface area (Å²) in [6.07, 6.45) is 0.259. The van der Waals surface area contributed by atoms with Gasteiger partial charge in [-0.2, -0.15) is 0 Å². The summed E-state index contributed by atoms with van der Waals surface area (Å²) in [5.41, 5.74) is 1.21. The molecule has 7 nitrogen and oxygen atoms in total. The molecule has 170 valence electrons. The summed E-state index contributed by atoms with van der Waals surface area (Å²) in [5, 5.41) is 12.3. The van der Waals surface area contributed by atoms with Crippen molar-refractivity contribution >= 4 is 34.2 Å². The fraction of sp³-hybridized carbons (Fsp3) is 0.269. The number of carboxylic acids is 1. The molecule has 3 aromatic rings. The predicted molar refractivity (Wildman–Crippen MR) is 122 cm³/mol. The molecule has 33 heavy (non-hydrogen) atoms.